The highest BCUT2D eigenvalue weighted by molar-refractivity contribution is 5.80. The van der Waals surface area contributed by atoms with Crippen LogP contribution in [0.4, 0.5) is 0 Å². The predicted octanol–water partition coefficient (Wildman–Crippen LogP) is 1.41. The number of nitrogens with one attached hydrogen (secondary N) is 1. The highest BCUT2D eigenvalue weighted by atomic mass is 16.4. The summed E-state index contributed by atoms with van der Waals surface area (Å²) in [7, 11) is 0. The molecule has 1 rings (SSSR count). The number of carbonyl (C=O) groups is 1. The average Bonchev–Trinajstić information content (AvgIpc) is 1.92. The maximum absolute atomic E-state index is 10.3. The fourth-order valence-corrected chi connectivity index (χ4v) is 1.43. The lowest BCUT2D eigenvalue weighted by molar-refractivity contribution is -0.131. The van der Waals surface area contributed by atoms with Crippen molar-refractivity contribution in [1.82, 2.24) is 5.32 Å². The second-order valence-corrected chi connectivity index (χ2v) is 3.76. The molecule has 0 radical (unpaired) electrons. The van der Waals surface area contributed by atoms with Gasteiger partial charge in [-0.3, -0.25) is 0 Å². The van der Waals surface area contributed by atoms with Gasteiger partial charge in [0.1, 0.15) is 0 Å². The van der Waals surface area contributed by atoms with E-state index in [0.717, 1.165) is 18.0 Å². The minimum absolute atomic E-state index is 0.697. The number of hydrogen-bond donors (Lipinski definition) is 2. The minimum Gasteiger partial charge on any atom is -0.478 e. The Balaban J connectivity index is 2.07. The summed E-state index contributed by atoms with van der Waals surface area (Å²) in [4.78, 5) is 10.3. The number of aliphatic carboxylic acids is 1. The van der Waals surface area contributed by atoms with Crippen LogP contribution in [0.5, 0.6) is 0 Å². The van der Waals surface area contributed by atoms with Crippen LogP contribution in [0.15, 0.2) is 11.6 Å². The van der Waals surface area contributed by atoms with E-state index in [2.05, 4.69) is 5.32 Å². The number of rotatable bonds is 5. The van der Waals surface area contributed by atoms with Gasteiger partial charge in [-0.1, -0.05) is 12.0 Å². The first-order chi connectivity index (χ1) is 6.18. The molecule has 13 heavy (non-hydrogen) atoms. The molecule has 0 aliphatic heterocycles. The molecule has 0 aromatic rings. The Morgan fingerprint density at radius 3 is 2.77 bits per heavy atom. The maximum atomic E-state index is 10.3. The molecule has 0 bridgehead atoms. The first-order valence-electron chi connectivity index (χ1n) is 4.79. The maximum Gasteiger partial charge on any atom is 0.328 e. The zero-order valence-corrected chi connectivity index (χ0v) is 8.05. The number of carboxylic acids is 1. The number of carboxylic acid groups (broad SMARTS) is 1. The first-order valence-corrected chi connectivity index (χ1v) is 4.79. The zero-order chi connectivity index (χ0) is 9.68. The van der Waals surface area contributed by atoms with Gasteiger partial charge in [-0.2, -0.15) is 0 Å². The molecule has 2 N–H and O–H groups in total. The van der Waals surface area contributed by atoms with E-state index in [-0.39, 0.29) is 0 Å². The highest BCUT2D eigenvalue weighted by Gasteiger charge is 2.16. The quantitative estimate of drug-likeness (QED) is 0.633. The topological polar surface area (TPSA) is 49.3 Å². The van der Waals surface area contributed by atoms with Crippen molar-refractivity contribution in [3.63, 3.8) is 0 Å². The Bertz CT molecular complexity index is 207. The van der Waals surface area contributed by atoms with Crippen molar-refractivity contribution in [2.75, 3.05) is 13.1 Å². The van der Waals surface area contributed by atoms with Gasteiger partial charge >= 0.3 is 5.97 Å². The summed E-state index contributed by atoms with van der Waals surface area (Å²) in [6.45, 7) is 3.56. The molecule has 3 nitrogen and oxygen atoms in total. The Hall–Kier alpha value is -0.830. The molecule has 1 aliphatic rings. The summed E-state index contributed by atoms with van der Waals surface area (Å²) >= 11 is 0. The summed E-state index contributed by atoms with van der Waals surface area (Å²) < 4.78 is 0. The smallest absolute Gasteiger partial charge is 0.328 e. The normalized spacial score (nSPS) is 18.4. The van der Waals surface area contributed by atoms with E-state index in [9.17, 15) is 4.79 Å². The Labute approximate surface area is 78.8 Å². The van der Waals surface area contributed by atoms with Crippen molar-refractivity contribution in [2.45, 2.75) is 26.2 Å². The largest absolute Gasteiger partial charge is 0.478 e. The van der Waals surface area contributed by atoms with E-state index in [1.165, 1.54) is 25.3 Å². The van der Waals surface area contributed by atoms with Gasteiger partial charge < -0.3 is 10.4 Å². The molecular formula is C10H17NO2. The lowest BCUT2D eigenvalue weighted by atomic mass is 9.85. The second kappa shape index (κ2) is 5.02. The fourth-order valence-electron chi connectivity index (χ4n) is 1.43. The molecule has 0 heterocycles. The third kappa shape index (κ3) is 4.08. The fraction of sp³-hybridized carbons (Fsp3) is 0.700. The molecule has 0 aromatic heterocycles. The molecule has 0 spiro atoms. The van der Waals surface area contributed by atoms with E-state index in [4.69, 9.17) is 5.11 Å². The van der Waals surface area contributed by atoms with E-state index < -0.39 is 5.97 Å². The molecule has 0 aromatic carbocycles. The van der Waals surface area contributed by atoms with Gasteiger partial charge in [0.15, 0.2) is 0 Å². The molecule has 0 unspecified atom stereocenters. The summed E-state index contributed by atoms with van der Waals surface area (Å²) in [5, 5.41) is 11.7. The van der Waals surface area contributed by atoms with E-state index in [0.29, 0.717) is 6.54 Å². The molecule has 0 atom stereocenters. The third-order valence-electron chi connectivity index (χ3n) is 2.43. The van der Waals surface area contributed by atoms with Gasteiger partial charge in [-0.05, 0) is 32.2 Å². The Kier molecular flexibility index (Phi) is 3.96. The predicted molar refractivity (Wildman–Crippen MR) is 51.6 cm³/mol. The molecular weight excluding hydrogens is 166 g/mol. The standard InChI is InChI=1S/C10H17NO2/c1-8(5-10(12)13)6-11-7-9-3-2-4-9/h5,9,11H,2-4,6-7H2,1H3,(H,12,13). The lowest BCUT2D eigenvalue weighted by Gasteiger charge is -2.25. The van der Waals surface area contributed by atoms with Gasteiger partial charge in [-0.25, -0.2) is 4.79 Å². The van der Waals surface area contributed by atoms with E-state index in [1.54, 1.807) is 0 Å². The van der Waals surface area contributed by atoms with Gasteiger partial charge in [0.25, 0.3) is 0 Å². The van der Waals surface area contributed by atoms with Crippen LogP contribution in [-0.4, -0.2) is 24.2 Å². The molecule has 0 saturated heterocycles. The summed E-state index contributed by atoms with van der Waals surface area (Å²) in [6.07, 6.45) is 5.27. The Morgan fingerprint density at radius 1 is 1.62 bits per heavy atom. The van der Waals surface area contributed by atoms with Crippen molar-refractivity contribution >= 4 is 5.97 Å². The Morgan fingerprint density at radius 2 is 2.31 bits per heavy atom. The van der Waals surface area contributed by atoms with E-state index in [1.807, 2.05) is 6.92 Å². The highest BCUT2D eigenvalue weighted by Crippen LogP contribution is 2.25. The van der Waals surface area contributed by atoms with Crippen LogP contribution in [0.1, 0.15) is 26.2 Å². The minimum atomic E-state index is -0.858. The van der Waals surface area contributed by atoms with Crippen molar-refractivity contribution in [2.24, 2.45) is 5.92 Å². The SMILES string of the molecule is CC(=CC(=O)O)CNCC1CCC1. The van der Waals surface area contributed by atoms with Crippen LogP contribution in [0.3, 0.4) is 0 Å². The van der Waals surface area contributed by atoms with Gasteiger partial charge in [0, 0.05) is 12.6 Å². The van der Waals surface area contributed by atoms with Crippen molar-refractivity contribution in [3.05, 3.63) is 11.6 Å². The van der Waals surface area contributed by atoms with Crippen LogP contribution in [-0.2, 0) is 4.79 Å². The van der Waals surface area contributed by atoms with E-state index >= 15 is 0 Å². The van der Waals surface area contributed by atoms with Crippen LogP contribution in [0, 0.1) is 5.92 Å². The third-order valence-corrected chi connectivity index (χ3v) is 2.43. The van der Waals surface area contributed by atoms with Gasteiger partial charge in [-0.15, -0.1) is 0 Å². The van der Waals surface area contributed by atoms with Crippen molar-refractivity contribution < 1.29 is 9.90 Å². The molecule has 1 fully saturated rings. The molecule has 0 amide bonds. The van der Waals surface area contributed by atoms with Crippen LogP contribution < -0.4 is 5.32 Å². The van der Waals surface area contributed by atoms with Crippen molar-refractivity contribution in [1.29, 1.82) is 0 Å². The zero-order valence-electron chi connectivity index (χ0n) is 8.05. The number of hydrogen-bond acceptors (Lipinski definition) is 2. The van der Waals surface area contributed by atoms with Crippen LogP contribution in [0.2, 0.25) is 0 Å². The molecule has 3 heteroatoms. The van der Waals surface area contributed by atoms with Crippen LogP contribution in [0.25, 0.3) is 0 Å². The van der Waals surface area contributed by atoms with Crippen LogP contribution >= 0.6 is 0 Å². The lowest BCUT2D eigenvalue weighted by Crippen LogP contribution is -2.28. The summed E-state index contributed by atoms with van der Waals surface area (Å²) in [6, 6.07) is 0. The molecule has 1 saturated carbocycles. The summed E-state index contributed by atoms with van der Waals surface area (Å²) in [5.41, 5.74) is 0.881. The van der Waals surface area contributed by atoms with Gasteiger partial charge in [0.05, 0.1) is 0 Å². The van der Waals surface area contributed by atoms with Gasteiger partial charge in [0.2, 0.25) is 0 Å². The first kappa shape index (κ1) is 10.3. The average molecular weight is 183 g/mol. The monoisotopic (exact) mass is 183 g/mol. The second-order valence-electron chi connectivity index (χ2n) is 3.76. The summed E-state index contributed by atoms with van der Waals surface area (Å²) in [5.74, 6) is -0.0272. The molecule has 1 aliphatic carbocycles. The molecule has 74 valence electrons. The van der Waals surface area contributed by atoms with Crippen molar-refractivity contribution in [3.8, 4) is 0 Å².